The Labute approximate surface area is 437 Å². The van der Waals surface area contributed by atoms with Crippen molar-refractivity contribution >= 4 is 17.9 Å². The van der Waals surface area contributed by atoms with Crippen LogP contribution in [-0.2, 0) is 28.6 Å². The van der Waals surface area contributed by atoms with Gasteiger partial charge in [-0.05, 0) is 135 Å². The van der Waals surface area contributed by atoms with Gasteiger partial charge in [0.2, 0.25) is 0 Å². The van der Waals surface area contributed by atoms with Gasteiger partial charge in [-0.25, -0.2) is 0 Å². The summed E-state index contributed by atoms with van der Waals surface area (Å²) in [5, 5.41) is 0. The second-order valence-corrected chi connectivity index (χ2v) is 18.8. The zero-order valence-corrected chi connectivity index (χ0v) is 45.9. The molecule has 0 aliphatic heterocycles. The van der Waals surface area contributed by atoms with Crippen molar-refractivity contribution < 1.29 is 28.6 Å². The maximum absolute atomic E-state index is 12.9. The van der Waals surface area contributed by atoms with E-state index < -0.39 is 6.10 Å². The Bertz CT molecular complexity index is 1500. The fourth-order valence-corrected chi connectivity index (χ4v) is 7.56. The van der Waals surface area contributed by atoms with E-state index in [1.54, 1.807) is 0 Å². The molecule has 1 atom stereocenters. The molecule has 0 aromatic heterocycles. The monoisotopic (exact) mass is 983 g/mol. The largest absolute Gasteiger partial charge is 0.462 e. The molecule has 0 saturated carbocycles. The first-order chi connectivity index (χ1) is 35.0. The Kier molecular flexibility index (Phi) is 54.9. The minimum atomic E-state index is -0.809. The van der Waals surface area contributed by atoms with Crippen LogP contribution in [0.25, 0.3) is 0 Å². The average Bonchev–Trinajstić information content (AvgIpc) is 3.37. The molecule has 0 amide bonds. The van der Waals surface area contributed by atoms with Crippen molar-refractivity contribution in [2.75, 3.05) is 13.2 Å². The van der Waals surface area contributed by atoms with Crippen molar-refractivity contribution in [3.05, 3.63) is 122 Å². The number of hydrogen-bond acceptors (Lipinski definition) is 6. The number of esters is 3. The lowest BCUT2D eigenvalue weighted by molar-refractivity contribution is -0.167. The standard InChI is InChI=1S/C65H106O6/c1-4-7-10-13-16-19-22-25-28-30-32-34-37-40-43-46-49-52-55-58-64(67)70-61-62(60-69-63(66)57-54-51-48-45-42-39-36-27-24-21-18-15-12-9-6-3)71-65(68)59-56-53-50-47-44-41-38-35-33-31-29-26-23-20-17-14-11-8-5-2/h7,10,16-21,25-29,32-36,40,43,62H,4-6,8-9,11-15,22-24,30-31,37-39,41-42,44-61H2,1-3H3/b10-7-,19-16-,20-17-,21-18-,28-25-,29-26-,34-32-,35-33-,36-27-,43-40-/t62-/m1/s1. The van der Waals surface area contributed by atoms with Crippen LogP contribution < -0.4 is 0 Å². The van der Waals surface area contributed by atoms with E-state index in [0.29, 0.717) is 19.3 Å². The summed E-state index contributed by atoms with van der Waals surface area (Å²) in [5.74, 6) is -0.964. The van der Waals surface area contributed by atoms with E-state index in [4.69, 9.17) is 14.2 Å². The van der Waals surface area contributed by atoms with E-state index in [-0.39, 0.29) is 31.1 Å². The van der Waals surface area contributed by atoms with Gasteiger partial charge in [-0.1, -0.05) is 219 Å². The number of ether oxygens (including phenoxy) is 3. The van der Waals surface area contributed by atoms with Gasteiger partial charge in [0.25, 0.3) is 0 Å². The lowest BCUT2D eigenvalue weighted by atomic mass is 10.1. The van der Waals surface area contributed by atoms with Crippen molar-refractivity contribution in [3.8, 4) is 0 Å². The Morgan fingerprint density at radius 1 is 0.296 bits per heavy atom. The van der Waals surface area contributed by atoms with Crippen LogP contribution in [0.15, 0.2) is 122 Å². The second kappa shape index (κ2) is 58.4. The maximum Gasteiger partial charge on any atom is 0.306 e. The average molecular weight is 984 g/mol. The Morgan fingerprint density at radius 2 is 0.549 bits per heavy atom. The second-order valence-electron chi connectivity index (χ2n) is 18.8. The van der Waals surface area contributed by atoms with Gasteiger partial charge in [0.1, 0.15) is 13.2 Å². The Balaban J connectivity index is 4.52. The lowest BCUT2D eigenvalue weighted by Gasteiger charge is -2.18. The quantitative estimate of drug-likeness (QED) is 0.0261. The molecule has 6 nitrogen and oxygen atoms in total. The molecule has 0 radical (unpaired) electrons. The molecule has 0 aromatic rings. The summed E-state index contributed by atoms with van der Waals surface area (Å²) in [4.78, 5) is 38.2. The minimum Gasteiger partial charge on any atom is -0.462 e. The maximum atomic E-state index is 12.9. The van der Waals surface area contributed by atoms with Crippen LogP contribution in [0, 0.1) is 0 Å². The van der Waals surface area contributed by atoms with Crippen molar-refractivity contribution in [1.29, 1.82) is 0 Å². The number of carbonyl (C=O) groups is 3. The van der Waals surface area contributed by atoms with Crippen LogP contribution in [-0.4, -0.2) is 37.2 Å². The predicted octanol–water partition coefficient (Wildman–Crippen LogP) is 19.6. The number of allylic oxidation sites excluding steroid dienone is 20. The van der Waals surface area contributed by atoms with Crippen LogP contribution in [0.5, 0.6) is 0 Å². The molecule has 0 saturated heterocycles. The van der Waals surface area contributed by atoms with E-state index in [1.807, 2.05) is 0 Å². The van der Waals surface area contributed by atoms with Gasteiger partial charge < -0.3 is 14.2 Å². The van der Waals surface area contributed by atoms with E-state index in [9.17, 15) is 14.4 Å². The van der Waals surface area contributed by atoms with Crippen LogP contribution in [0.3, 0.4) is 0 Å². The van der Waals surface area contributed by atoms with E-state index in [0.717, 1.165) is 148 Å². The molecular weight excluding hydrogens is 877 g/mol. The molecule has 0 spiro atoms. The molecule has 0 heterocycles. The number of hydrogen-bond donors (Lipinski definition) is 0. The lowest BCUT2D eigenvalue weighted by Crippen LogP contribution is -2.30. The summed E-state index contributed by atoms with van der Waals surface area (Å²) in [7, 11) is 0. The first-order valence-electron chi connectivity index (χ1n) is 29.0. The molecule has 0 unspecified atom stereocenters. The highest BCUT2D eigenvalue weighted by molar-refractivity contribution is 5.71. The third-order valence-electron chi connectivity index (χ3n) is 11.9. The summed E-state index contributed by atoms with van der Waals surface area (Å²) in [6.45, 7) is 6.42. The topological polar surface area (TPSA) is 78.9 Å². The normalized spacial score (nSPS) is 13.0. The summed E-state index contributed by atoms with van der Waals surface area (Å²) in [6, 6.07) is 0. The van der Waals surface area contributed by atoms with Crippen molar-refractivity contribution in [3.63, 3.8) is 0 Å². The SMILES string of the molecule is CC/C=C\C/C=C\C/C=C\C/C=C\C/C=C\CCCCCC(=O)OC[C@@H](COC(=O)CCCCCCC/C=C\C/C=C\CCCCC)OC(=O)CCCCCCCC/C=C\C/C=C\C/C=C\CCCCC. The summed E-state index contributed by atoms with van der Waals surface area (Å²) in [6.07, 6.45) is 80.4. The number of unbranched alkanes of at least 4 members (excludes halogenated alkanes) is 20. The van der Waals surface area contributed by atoms with Crippen LogP contribution in [0.1, 0.15) is 252 Å². The molecule has 0 bridgehead atoms. The molecular formula is C65H106O6. The van der Waals surface area contributed by atoms with Crippen LogP contribution >= 0.6 is 0 Å². The third-order valence-corrected chi connectivity index (χ3v) is 11.9. The zero-order chi connectivity index (χ0) is 51.4. The minimum absolute atomic E-state index is 0.105. The molecule has 0 rings (SSSR count). The first-order valence-corrected chi connectivity index (χ1v) is 29.0. The fraction of sp³-hybridized carbons (Fsp3) is 0.646. The van der Waals surface area contributed by atoms with Gasteiger partial charge in [-0.15, -0.1) is 0 Å². The summed E-state index contributed by atoms with van der Waals surface area (Å²) < 4.78 is 16.8. The van der Waals surface area contributed by atoms with Gasteiger partial charge in [-0.3, -0.25) is 14.4 Å². The highest BCUT2D eigenvalue weighted by atomic mass is 16.6. The fourth-order valence-electron chi connectivity index (χ4n) is 7.56. The van der Waals surface area contributed by atoms with Gasteiger partial charge in [0.05, 0.1) is 0 Å². The molecule has 0 N–H and O–H groups in total. The molecule has 71 heavy (non-hydrogen) atoms. The summed E-state index contributed by atoms with van der Waals surface area (Å²) >= 11 is 0. The Hall–Kier alpha value is -4.19. The highest BCUT2D eigenvalue weighted by Crippen LogP contribution is 2.13. The number of rotatable bonds is 51. The van der Waals surface area contributed by atoms with E-state index in [1.165, 1.54) is 64.2 Å². The van der Waals surface area contributed by atoms with Crippen molar-refractivity contribution in [2.24, 2.45) is 0 Å². The summed E-state index contributed by atoms with van der Waals surface area (Å²) in [5.41, 5.74) is 0. The molecule has 0 fully saturated rings. The highest BCUT2D eigenvalue weighted by Gasteiger charge is 2.19. The van der Waals surface area contributed by atoms with E-state index in [2.05, 4.69) is 142 Å². The predicted molar refractivity (Wildman–Crippen MR) is 306 cm³/mol. The van der Waals surface area contributed by atoms with Gasteiger partial charge in [-0.2, -0.15) is 0 Å². The van der Waals surface area contributed by atoms with Crippen molar-refractivity contribution in [1.82, 2.24) is 0 Å². The molecule has 0 aromatic carbocycles. The number of carbonyl (C=O) groups excluding carboxylic acids is 3. The Morgan fingerprint density at radius 3 is 0.873 bits per heavy atom. The van der Waals surface area contributed by atoms with Gasteiger partial charge >= 0.3 is 17.9 Å². The molecule has 6 heteroatoms. The smallest absolute Gasteiger partial charge is 0.306 e. The van der Waals surface area contributed by atoms with Crippen molar-refractivity contribution in [2.45, 2.75) is 258 Å². The molecule has 0 aliphatic rings. The first kappa shape index (κ1) is 66.8. The van der Waals surface area contributed by atoms with Gasteiger partial charge in [0, 0.05) is 19.3 Å². The van der Waals surface area contributed by atoms with E-state index >= 15 is 0 Å². The molecule has 402 valence electrons. The zero-order valence-electron chi connectivity index (χ0n) is 45.9. The van der Waals surface area contributed by atoms with Gasteiger partial charge in [0.15, 0.2) is 6.10 Å². The van der Waals surface area contributed by atoms with Crippen LogP contribution in [0.2, 0.25) is 0 Å². The van der Waals surface area contributed by atoms with Crippen LogP contribution in [0.4, 0.5) is 0 Å². The molecule has 0 aliphatic carbocycles. The third kappa shape index (κ3) is 56.6.